The normalized spacial score (nSPS) is 13.0. The van der Waals surface area contributed by atoms with Crippen molar-refractivity contribution in [3.8, 4) is 0 Å². The molecule has 2 amide bonds. The van der Waals surface area contributed by atoms with Crippen LogP contribution in [0, 0.1) is 0 Å². The molecule has 0 aliphatic carbocycles. The van der Waals surface area contributed by atoms with Gasteiger partial charge in [0.15, 0.2) is 0 Å². The van der Waals surface area contributed by atoms with Crippen LogP contribution in [-0.4, -0.2) is 42.6 Å². The van der Waals surface area contributed by atoms with Crippen LogP contribution in [0.2, 0.25) is 0 Å². The van der Waals surface area contributed by atoms with E-state index in [2.05, 4.69) is 21.2 Å². The lowest BCUT2D eigenvalue weighted by Crippen LogP contribution is -2.36. The Morgan fingerprint density at radius 1 is 1.18 bits per heavy atom. The van der Waals surface area contributed by atoms with Crippen LogP contribution in [0.15, 0.2) is 15.9 Å². The summed E-state index contributed by atoms with van der Waals surface area (Å²) in [6.07, 6.45) is 0.118. The van der Waals surface area contributed by atoms with Gasteiger partial charge in [-0.1, -0.05) is 0 Å². The largest absolute Gasteiger partial charge is 0.462 e. The van der Waals surface area contributed by atoms with E-state index in [0.29, 0.717) is 41.6 Å². The number of hydrogen-bond donors (Lipinski definition) is 1. The number of anilines is 1. The first kappa shape index (κ1) is 20.8. The van der Waals surface area contributed by atoms with Gasteiger partial charge < -0.3 is 19.7 Å². The summed E-state index contributed by atoms with van der Waals surface area (Å²) in [4.78, 5) is 40.2. The van der Waals surface area contributed by atoms with Crippen LogP contribution >= 0.6 is 38.6 Å². The number of thiophene rings is 2. The van der Waals surface area contributed by atoms with Gasteiger partial charge in [-0.15, -0.1) is 22.7 Å². The Balaban J connectivity index is 1.90. The lowest BCUT2D eigenvalue weighted by atomic mass is 10.0. The van der Waals surface area contributed by atoms with Gasteiger partial charge in [0.1, 0.15) is 5.00 Å². The van der Waals surface area contributed by atoms with Gasteiger partial charge in [-0.2, -0.15) is 0 Å². The minimum Gasteiger partial charge on any atom is -0.462 e. The molecular weight excluding hydrogens is 468 g/mol. The van der Waals surface area contributed by atoms with Crippen LogP contribution in [0.4, 0.5) is 9.80 Å². The van der Waals surface area contributed by atoms with Crippen molar-refractivity contribution >= 4 is 61.6 Å². The molecule has 0 bridgehead atoms. The number of rotatable bonds is 5. The third kappa shape index (κ3) is 4.39. The third-order valence-corrected chi connectivity index (χ3v) is 6.84. The van der Waals surface area contributed by atoms with Crippen LogP contribution in [0.5, 0.6) is 0 Å². The van der Waals surface area contributed by atoms with E-state index in [9.17, 15) is 14.4 Å². The van der Waals surface area contributed by atoms with Gasteiger partial charge in [0, 0.05) is 11.4 Å². The van der Waals surface area contributed by atoms with E-state index < -0.39 is 5.97 Å². The number of ether oxygens (including phenoxy) is 2. The zero-order valence-electron chi connectivity index (χ0n) is 15.4. The highest BCUT2D eigenvalue weighted by atomic mass is 79.9. The van der Waals surface area contributed by atoms with Gasteiger partial charge in [-0.05, 0) is 53.9 Å². The van der Waals surface area contributed by atoms with Gasteiger partial charge in [0.25, 0.3) is 5.91 Å². The number of hydrogen-bond acceptors (Lipinski definition) is 7. The fourth-order valence-electron chi connectivity index (χ4n) is 2.88. The molecule has 3 rings (SSSR count). The lowest BCUT2D eigenvalue weighted by molar-refractivity contribution is 0.0526. The molecule has 10 heteroatoms. The Hall–Kier alpha value is -1.91. The summed E-state index contributed by atoms with van der Waals surface area (Å²) in [5.74, 6) is -0.755. The van der Waals surface area contributed by atoms with Gasteiger partial charge in [-0.25, -0.2) is 9.59 Å². The maximum atomic E-state index is 12.6. The van der Waals surface area contributed by atoms with E-state index in [-0.39, 0.29) is 18.6 Å². The van der Waals surface area contributed by atoms with Crippen molar-refractivity contribution in [2.75, 3.05) is 25.1 Å². The monoisotopic (exact) mass is 486 g/mol. The molecule has 0 radical (unpaired) electrons. The molecule has 2 aromatic rings. The number of nitrogens with one attached hydrogen (secondary N) is 1. The number of carbonyl (C=O) groups excluding carboxylic acids is 3. The number of halogens is 1. The van der Waals surface area contributed by atoms with E-state index in [1.165, 1.54) is 22.7 Å². The average Bonchev–Trinajstić information content (AvgIpc) is 3.24. The standard InChI is InChI=1S/C18H19BrN2O5S2/c1-3-25-17(23)14-10-7-8-21(18(24)26-4-2)9-12(10)28-16(14)20-15(22)11-5-6-13(19)27-11/h5-6H,3-4,7-9H2,1-2H3,(H,20,22). The third-order valence-electron chi connectivity index (χ3n) is 4.09. The first-order valence-electron chi connectivity index (χ1n) is 8.74. The number of esters is 1. The second-order valence-corrected chi connectivity index (χ2v) is 9.42. The highest BCUT2D eigenvalue weighted by molar-refractivity contribution is 9.11. The zero-order valence-corrected chi connectivity index (χ0v) is 18.6. The molecule has 0 aromatic carbocycles. The maximum Gasteiger partial charge on any atom is 0.410 e. The summed E-state index contributed by atoms with van der Waals surface area (Å²) in [5, 5.41) is 3.29. The molecule has 0 saturated heterocycles. The van der Waals surface area contributed by atoms with Crippen LogP contribution in [0.25, 0.3) is 0 Å². The van der Waals surface area contributed by atoms with Crippen molar-refractivity contribution < 1.29 is 23.9 Å². The fourth-order valence-corrected chi connectivity index (χ4v) is 5.41. The summed E-state index contributed by atoms with van der Waals surface area (Å²) in [7, 11) is 0. The predicted octanol–water partition coefficient (Wildman–Crippen LogP) is 4.52. The Kier molecular flexibility index (Phi) is 6.73. The van der Waals surface area contributed by atoms with Gasteiger partial charge in [0.2, 0.25) is 0 Å². The maximum absolute atomic E-state index is 12.6. The van der Waals surface area contributed by atoms with Crippen molar-refractivity contribution in [2.45, 2.75) is 26.8 Å². The van der Waals surface area contributed by atoms with Crippen molar-refractivity contribution in [3.05, 3.63) is 36.8 Å². The second kappa shape index (κ2) is 9.06. The van der Waals surface area contributed by atoms with Gasteiger partial charge >= 0.3 is 12.1 Å². The summed E-state index contributed by atoms with van der Waals surface area (Å²) >= 11 is 5.94. The topological polar surface area (TPSA) is 84.9 Å². The van der Waals surface area contributed by atoms with E-state index in [1.54, 1.807) is 30.9 Å². The summed E-state index contributed by atoms with van der Waals surface area (Å²) in [6, 6.07) is 3.51. The molecule has 0 saturated carbocycles. The highest BCUT2D eigenvalue weighted by Crippen LogP contribution is 2.38. The van der Waals surface area contributed by atoms with E-state index in [1.807, 2.05) is 0 Å². The molecule has 3 heterocycles. The molecule has 7 nitrogen and oxygen atoms in total. The first-order valence-corrected chi connectivity index (χ1v) is 11.2. The van der Waals surface area contributed by atoms with Gasteiger partial charge in [0.05, 0.1) is 34.0 Å². The SMILES string of the molecule is CCOC(=O)c1c(NC(=O)c2ccc(Br)s2)sc2c1CCN(C(=O)OCC)C2. The van der Waals surface area contributed by atoms with Crippen molar-refractivity contribution in [3.63, 3.8) is 0 Å². The molecule has 28 heavy (non-hydrogen) atoms. The van der Waals surface area contributed by atoms with Crippen LogP contribution in [-0.2, 0) is 22.4 Å². The molecule has 0 atom stereocenters. The van der Waals surface area contributed by atoms with E-state index in [4.69, 9.17) is 9.47 Å². The Bertz CT molecular complexity index is 908. The number of amides is 2. The van der Waals surface area contributed by atoms with Crippen LogP contribution < -0.4 is 5.32 Å². The van der Waals surface area contributed by atoms with Crippen LogP contribution in [0.1, 0.15) is 44.3 Å². The molecule has 0 fully saturated rings. The molecule has 0 unspecified atom stereocenters. The van der Waals surface area contributed by atoms with Crippen LogP contribution in [0.3, 0.4) is 0 Å². The minimum atomic E-state index is -0.466. The summed E-state index contributed by atoms with van der Waals surface area (Å²) in [5.41, 5.74) is 1.21. The number of fused-ring (bicyclic) bond motifs is 1. The molecule has 0 spiro atoms. The first-order chi connectivity index (χ1) is 13.4. The molecular formula is C18H19BrN2O5S2. The van der Waals surface area contributed by atoms with Crippen molar-refractivity contribution in [1.29, 1.82) is 0 Å². The molecule has 150 valence electrons. The quantitative estimate of drug-likeness (QED) is 0.628. The van der Waals surface area contributed by atoms with E-state index in [0.717, 1.165) is 14.2 Å². The average molecular weight is 487 g/mol. The molecule has 1 N–H and O–H groups in total. The number of nitrogens with zero attached hydrogens (tertiary/aromatic N) is 1. The Morgan fingerprint density at radius 3 is 2.57 bits per heavy atom. The highest BCUT2D eigenvalue weighted by Gasteiger charge is 2.31. The Morgan fingerprint density at radius 2 is 1.93 bits per heavy atom. The summed E-state index contributed by atoms with van der Waals surface area (Å²) < 4.78 is 11.1. The van der Waals surface area contributed by atoms with E-state index >= 15 is 0 Å². The molecule has 2 aromatic heterocycles. The zero-order chi connectivity index (χ0) is 20.3. The fraction of sp³-hybridized carbons (Fsp3) is 0.389. The molecule has 1 aliphatic heterocycles. The molecule has 1 aliphatic rings. The minimum absolute atomic E-state index is 0.240. The van der Waals surface area contributed by atoms with Crippen molar-refractivity contribution in [2.24, 2.45) is 0 Å². The Labute approximate surface area is 178 Å². The number of carbonyl (C=O) groups is 3. The predicted molar refractivity (Wildman–Crippen MR) is 111 cm³/mol. The summed E-state index contributed by atoms with van der Waals surface area (Å²) in [6.45, 7) is 4.82. The lowest BCUT2D eigenvalue weighted by Gasteiger charge is -2.26. The van der Waals surface area contributed by atoms with Crippen molar-refractivity contribution in [1.82, 2.24) is 4.90 Å². The smallest absolute Gasteiger partial charge is 0.410 e. The second-order valence-electron chi connectivity index (χ2n) is 5.86. The van der Waals surface area contributed by atoms with Gasteiger partial charge in [-0.3, -0.25) is 4.79 Å².